The average Bonchev–Trinajstić information content (AvgIpc) is 2.68. The predicted octanol–water partition coefficient (Wildman–Crippen LogP) is 7.58. The second-order valence-electron chi connectivity index (χ2n) is 7.49. The molecule has 4 nitrogen and oxygen atoms in total. The van der Waals surface area contributed by atoms with Crippen LogP contribution in [0.5, 0.6) is 17.2 Å². The number of hydrogen-bond donors (Lipinski definition) is 0. The van der Waals surface area contributed by atoms with Gasteiger partial charge in [0.1, 0.15) is 17.2 Å². The van der Waals surface area contributed by atoms with Gasteiger partial charge in [0.25, 0.3) is 0 Å². The van der Waals surface area contributed by atoms with Crippen LogP contribution in [0.1, 0.15) is 50.7 Å². The quantitative estimate of drug-likeness (QED) is 0.359. The Morgan fingerprint density at radius 3 is 1.34 bits per heavy atom. The normalized spacial score (nSPS) is 11.5. The first-order valence-electron chi connectivity index (χ1n) is 9.78. The molecule has 0 aliphatic rings. The molecule has 0 saturated carbocycles. The summed E-state index contributed by atoms with van der Waals surface area (Å²) in [7, 11) is -3.99. The lowest BCUT2D eigenvalue weighted by atomic mass is 9.95. The van der Waals surface area contributed by atoms with Gasteiger partial charge in [-0.1, -0.05) is 70.2 Å². The van der Waals surface area contributed by atoms with Gasteiger partial charge < -0.3 is 13.6 Å². The van der Waals surface area contributed by atoms with E-state index in [1.165, 1.54) is 0 Å². The molecule has 3 aromatic carbocycles. The number of phosphoric acid groups is 1. The lowest BCUT2D eigenvalue weighted by Crippen LogP contribution is -2.08. The zero-order valence-electron chi connectivity index (χ0n) is 17.2. The van der Waals surface area contributed by atoms with E-state index in [0.29, 0.717) is 29.1 Å². The maximum absolute atomic E-state index is 13.6. The molecule has 0 spiro atoms. The first kappa shape index (κ1) is 21.0. The molecule has 0 aromatic heterocycles. The monoisotopic (exact) mass is 410 g/mol. The number of rotatable bonds is 8. The standard InChI is InChI=1S/C24H27O4P/c1-18(2)20-15-21(19(3)4)17-24(16-20)28-29(25,26-22-11-7-5-8-12-22)27-23-13-9-6-10-14-23/h5-19H,1-4H3. The number of phosphoric ester groups is 1. The highest BCUT2D eigenvalue weighted by Gasteiger charge is 2.33. The molecule has 0 amide bonds. The van der Waals surface area contributed by atoms with E-state index in [-0.39, 0.29) is 0 Å². The molecule has 0 aliphatic heterocycles. The molecular weight excluding hydrogens is 383 g/mol. The van der Waals surface area contributed by atoms with E-state index in [4.69, 9.17) is 13.6 Å². The van der Waals surface area contributed by atoms with Gasteiger partial charge in [-0.05, 0) is 59.4 Å². The van der Waals surface area contributed by atoms with Crippen LogP contribution < -0.4 is 13.6 Å². The smallest absolute Gasteiger partial charge is 0.386 e. The molecule has 0 unspecified atom stereocenters. The van der Waals surface area contributed by atoms with E-state index in [1.807, 2.05) is 24.3 Å². The summed E-state index contributed by atoms with van der Waals surface area (Å²) in [5, 5.41) is 0. The maximum atomic E-state index is 13.6. The summed E-state index contributed by atoms with van der Waals surface area (Å²) in [6.45, 7) is 8.46. The molecule has 29 heavy (non-hydrogen) atoms. The van der Waals surface area contributed by atoms with Gasteiger partial charge in [0.2, 0.25) is 0 Å². The van der Waals surface area contributed by atoms with E-state index in [0.717, 1.165) is 11.1 Å². The van der Waals surface area contributed by atoms with Gasteiger partial charge in [-0.15, -0.1) is 0 Å². The minimum Gasteiger partial charge on any atom is -0.386 e. The van der Waals surface area contributed by atoms with Gasteiger partial charge in [0.15, 0.2) is 0 Å². The number of para-hydroxylation sites is 2. The Morgan fingerprint density at radius 2 is 0.966 bits per heavy atom. The van der Waals surface area contributed by atoms with Gasteiger partial charge in [-0.2, -0.15) is 4.57 Å². The lowest BCUT2D eigenvalue weighted by molar-refractivity contribution is 0.298. The molecule has 3 aromatic rings. The highest BCUT2D eigenvalue weighted by atomic mass is 31.2. The molecule has 0 N–H and O–H groups in total. The Bertz CT molecular complexity index is 897. The fourth-order valence-corrected chi connectivity index (χ4v) is 4.01. The fourth-order valence-electron chi connectivity index (χ4n) is 2.77. The van der Waals surface area contributed by atoms with Crippen LogP contribution in [0.2, 0.25) is 0 Å². The SMILES string of the molecule is CC(C)c1cc(OP(=O)(Oc2ccccc2)Oc2ccccc2)cc(C(C)C)c1. The van der Waals surface area contributed by atoms with Crippen molar-refractivity contribution < 1.29 is 18.1 Å². The fraction of sp³-hybridized carbons (Fsp3) is 0.250. The molecule has 152 valence electrons. The molecule has 0 radical (unpaired) electrons. The second kappa shape index (κ2) is 9.19. The van der Waals surface area contributed by atoms with Gasteiger partial charge >= 0.3 is 7.82 Å². The minimum absolute atomic E-state index is 0.306. The summed E-state index contributed by atoms with van der Waals surface area (Å²) in [5.41, 5.74) is 2.22. The van der Waals surface area contributed by atoms with Crippen molar-refractivity contribution in [3.63, 3.8) is 0 Å². The first-order chi connectivity index (χ1) is 13.8. The van der Waals surface area contributed by atoms with Crippen LogP contribution in [0.15, 0.2) is 78.9 Å². The van der Waals surface area contributed by atoms with Crippen molar-refractivity contribution in [2.24, 2.45) is 0 Å². The molecule has 0 fully saturated rings. The third kappa shape index (κ3) is 5.88. The van der Waals surface area contributed by atoms with Crippen molar-refractivity contribution in [2.45, 2.75) is 39.5 Å². The Morgan fingerprint density at radius 1 is 0.586 bits per heavy atom. The van der Waals surface area contributed by atoms with E-state index in [9.17, 15) is 4.57 Å². The second-order valence-corrected chi connectivity index (χ2v) is 8.93. The summed E-state index contributed by atoms with van der Waals surface area (Å²) in [4.78, 5) is 0. The van der Waals surface area contributed by atoms with Gasteiger partial charge in [0, 0.05) is 0 Å². The Balaban J connectivity index is 1.97. The summed E-state index contributed by atoms with van der Waals surface area (Å²) >= 11 is 0. The van der Waals surface area contributed by atoms with E-state index in [1.54, 1.807) is 48.5 Å². The molecule has 0 atom stereocenters. The predicted molar refractivity (Wildman–Crippen MR) is 117 cm³/mol. The van der Waals surface area contributed by atoms with Gasteiger partial charge in [-0.25, -0.2) is 0 Å². The van der Waals surface area contributed by atoms with Crippen molar-refractivity contribution in [2.75, 3.05) is 0 Å². The Hall–Kier alpha value is -2.71. The third-order valence-corrected chi connectivity index (χ3v) is 5.73. The van der Waals surface area contributed by atoms with Crippen molar-refractivity contribution >= 4 is 7.82 Å². The number of hydrogen-bond acceptors (Lipinski definition) is 4. The largest absolute Gasteiger partial charge is 0.647 e. The maximum Gasteiger partial charge on any atom is 0.647 e. The van der Waals surface area contributed by atoms with Crippen LogP contribution in [0, 0.1) is 0 Å². The van der Waals surface area contributed by atoms with Crippen LogP contribution in [0.3, 0.4) is 0 Å². The van der Waals surface area contributed by atoms with Crippen molar-refractivity contribution in [3.8, 4) is 17.2 Å². The lowest BCUT2D eigenvalue weighted by Gasteiger charge is -2.21. The zero-order valence-corrected chi connectivity index (χ0v) is 18.1. The zero-order chi connectivity index (χ0) is 20.9. The van der Waals surface area contributed by atoms with Crippen molar-refractivity contribution in [3.05, 3.63) is 90.0 Å². The molecule has 0 heterocycles. The van der Waals surface area contributed by atoms with Crippen LogP contribution in [0.4, 0.5) is 0 Å². The molecule has 0 aliphatic carbocycles. The van der Waals surface area contributed by atoms with Crippen LogP contribution in [0.25, 0.3) is 0 Å². The van der Waals surface area contributed by atoms with Crippen LogP contribution in [-0.4, -0.2) is 0 Å². The molecule has 0 saturated heterocycles. The van der Waals surface area contributed by atoms with Crippen molar-refractivity contribution in [1.82, 2.24) is 0 Å². The van der Waals surface area contributed by atoms with Gasteiger partial charge in [-0.3, -0.25) is 0 Å². The Labute approximate surface area is 173 Å². The third-order valence-electron chi connectivity index (χ3n) is 4.42. The summed E-state index contributed by atoms with van der Waals surface area (Å²) in [5.74, 6) is 1.91. The highest BCUT2D eigenvalue weighted by Crippen LogP contribution is 2.50. The topological polar surface area (TPSA) is 44.8 Å². The number of benzene rings is 3. The first-order valence-corrected chi connectivity index (χ1v) is 11.2. The van der Waals surface area contributed by atoms with E-state index < -0.39 is 7.82 Å². The summed E-state index contributed by atoms with van der Waals surface area (Å²) in [6.07, 6.45) is 0. The van der Waals surface area contributed by atoms with E-state index >= 15 is 0 Å². The molecule has 3 rings (SSSR count). The summed E-state index contributed by atoms with van der Waals surface area (Å²) < 4.78 is 31.0. The van der Waals surface area contributed by atoms with Crippen LogP contribution >= 0.6 is 7.82 Å². The molecular formula is C24H27O4P. The minimum atomic E-state index is -3.99. The Kier molecular flexibility index (Phi) is 6.66. The average molecular weight is 410 g/mol. The molecule has 0 bridgehead atoms. The van der Waals surface area contributed by atoms with Crippen molar-refractivity contribution in [1.29, 1.82) is 0 Å². The van der Waals surface area contributed by atoms with E-state index in [2.05, 4.69) is 33.8 Å². The van der Waals surface area contributed by atoms with Gasteiger partial charge in [0.05, 0.1) is 0 Å². The molecule has 5 heteroatoms. The highest BCUT2D eigenvalue weighted by molar-refractivity contribution is 7.49. The summed E-state index contributed by atoms with van der Waals surface area (Å²) in [6, 6.07) is 23.7. The van der Waals surface area contributed by atoms with Crippen LogP contribution in [-0.2, 0) is 4.57 Å².